The Balaban J connectivity index is 1.62. The number of carbonyl (C=O) groups is 1. The molecular weight excluding hydrogens is 316 g/mol. The van der Waals surface area contributed by atoms with Gasteiger partial charge in [-0.3, -0.25) is 4.79 Å². The van der Waals surface area contributed by atoms with Gasteiger partial charge in [-0.15, -0.1) is 0 Å². The van der Waals surface area contributed by atoms with E-state index in [1.165, 1.54) is 5.56 Å². The monoisotopic (exact) mass is 340 g/mol. The maximum Gasteiger partial charge on any atom is 0.223 e. The highest BCUT2D eigenvalue weighted by Gasteiger charge is 2.20. The zero-order chi connectivity index (χ0) is 17.8. The number of rotatable bonds is 5. The molecule has 3 rings (SSSR count). The number of benzene rings is 2. The van der Waals surface area contributed by atoms with Crippen molar-refractivity contribution < 1.29 is 14.3 Å². The van der Waals surface area contributed by atoms with Crippen LogP contribution in [0.2, 0.25) is 0 Å². The second-order valence-corrected chi connectivity index (χ2v) is 6.28. The number of nitrogens with two attached hydrogens (primary N) is 1. The molecule has 0 aromatic heterocycles. The summed E-state index contributed by atoms with van der Waals surface area (Å²) in [5.41, 5.74) is 10.1. The number of methoxy groups -OCH3 is 2. The maximum absolute atomic E-state index is 12.6. The number of aryl methyl sites for hydroxylation is 1. The van der Waals surface area contributed by atoms with Crippen LogP contribution in [-0.4, -0.2) is 31.6 Å². The van der Waals surface area contributed by atoms with Gasteiger partial charge in [0.2, 0.25) is 5.91 Å². The van der Waals surface area contributed by atoms with Crippen LogP contribution in [0.15, 0.2) is 36.4 Å². The molecule has 0 radical (unpaired) electrons. The minimum Gasteiger partial charge on any atom is -0.493 e. The van der Waals surface area contributed by atoms with Crippen molar-refractivity contribution in [1.29, 1.82) is 0 Å². The molecule has 0 saturated carbocycles. The first-order valence-electron chi connectivity index (χ1n) is 8.46. The molecule has 2 aromatic rings. The first-order chi connectivity index (χ1) is 12.1. The fourth-order valence-electron chi connectivity index (χ4n) is 3.24. The van der Waals surface area contributed by atoms with Crippen molar-refractivity contribution in [1.82, 2.24) is 4.90 Å². The molecule has 0 atom stereocenters. The number of amides is 1. The smallest absolute Gasteiger partial charge is 0.223 e. The van der Waals surface area contributed by atoms with Crippen LogP contribution in [0.3, 0.4) is 0 Å². The van der Waals surface area contributed by atoms with Crippen molar-refractivity contribution in [3.63, 3.8) is 0 Å². The molecule has 1 aliphatic heterocycles. The third kappa shape index (κ3) is 3.87. The van der Waals surface area contributed by atoms with Crippen LogP contribution >= 0.6 is 0 Å². The summed E-state index contributed by atoms with van der Waals surface area (Å²) in [4.78, 5) is 14.5. The van der Waals surface area contributed by atoms with Gasteiger partial charge in [0, 0.05) is 25.2 Å². The van der Waals surface area contributed by atoms with Gasteiger partial charge in [-0.05, 0) is 53.8 Å². The minimum absolute atomic E-state index is 0.169. The number of nitrogens with zero attached hydrogens (tertiary/aromatic N) is 1. The third-order valence-corrected chi connectivity index (χ3v) is 4.67. The third-order valence-electron chi connectivity index (χ3n) is 4.67. The Morgan fingerprint density at radius 3 is 2.64 bits per heavy atom. The molecule has 2 aromatic carbocycles. The highest BCUT2D eigenvalue weighted by atomic mass is 16.5. The summed E-state index contributed by atoms with van der Waals surface area (Å²) < 4.78 is 10.6. The standard InChI is InChI=1S/C20H24N2O3/c1-24-18-7-3-14(11-19(18)25-2)4-8-20(23)22-10-9-15-5-6-17(21)12-16(15)13-22/h3,5-7,11-12H,4,8-10,13,21H2,1-2H3. The summed E-state index contributed by atoms with van der Waals surface area (Å²) >= 11 is 0. The first-order valence-corrected chi connectivity index (χ1v) is 8.46. The van der Waals surface area contributed by atoms with E-state index in [2.05, 4.69) is 6.07 Å². The van der Waals surface area contributed by atoms with Gasteiger partial charge >= 0.3 is 0 Å². The molecule has 0 unspecified atom stereocenters. The predicted octanol–water partition coefficient (Wildman–Crippen LogP) is 2.80. The Bertz CT molecular complexity index is 774. The van der Waals surface area contributed by atoms with Crippen molar-refractivity contribution >= 4 is 11.6 Å². The van der Waals surface area contributed by atoms with Crippen molar-refractivity contribution in [2.24, 2.45) is 0 Å². The maximum atomic E-state index is 12.6. The average Bonchev–Trinajstić information content (AvgIpc) is 2.65. The summed E-state index contributed by atoms with van der Waals surface area (Å²) in [6.45, 7) is 1.41. The zero-order valence-electron chi connectivity index (χ0n) is 14.7. The van der Waals surface area contributed by atoms with Crippen LogP contribution in [0.1, 0.15) is 23.1 Å². The van der Waals surface area contributed by atoms with Gasteiger partial charge in [0.15, 0.2) is 11.5 Å². The topological polar surface area (TPSA) is 64.8 Å². The van der Waals surface area contributed by atoms with E-state index in [-0.39, 0.29) is 5.91 Å². The highest BCUT2D eigenvalue weighted by Crippen LogP contribution is 2.28. The number of carbonyl (C=O) groups excluding carboxylic acids is 1. The molecule has 0 spiro atoms. The van der Waals surface area contributed by atoms with Crippen molar-refractivity contribution in [3.05, 3.63) is 53.1 Å². The van der Waals surface area contributed by atoms with Gasteiger partial charge < -0.3 is 20.1 Å². The van der Waals surface area contributed by atoms with Gasteiger partial charge in [0.25, 0.3) is 0 Å². The lowest BCUT2D eigenvalue weighted by molar-refractivity contribution is -0.132. The van der Waals surface area contributed by atoms with E-state index in [0.717, 1.165) is 29.8 Å². The molecule has 1 amide bonds. The summed E-state index contributed by atoms with van der Waals surface area (Å²) in [6, 6.07) is 11.7. The molecule has 1 heterocycles. The molecule has 0 fully saturated rings. The molecule has 25 heavy (non-hydrogen) atoms. The number of hydrogen-bond acceptors (Lipinski definition) is 4. The summed E-state index contributed by atoms with van der Waals surface area (Å²) in [5.74, 6) is 1.56. The predicted molar refractivity (Wildman–Crippen MR) is 97.8 cm³/mol. The van der Waals surface area contributed by atoms with Gasteiger partial charge in [-0.2, -0.15) is 0 Å². The quantitative estimate of drug-likeness (QED) is 0.850. The molecule has 0 aliphatic carbocycles. The fourth-order valence-corrected chi connectivity index (χ4v) is 3.24. The van der Waals surface area contributed by atoms with E-state index in [0.29, 0.717) is 30.9 Å². The number of anilines is 1. The Morgan fingerprint density at radius 2 is 1.88 bits per heavy atom. The summed E-state index contributed by atoms with van der Waals surface area (Å²) in [7, 11) is 3.23. The molecule has 0 bridgehead atoms. The second kappa shape index (κ2) is 7.47. The SMILES string of the molecule is COc1ccc(CCC(=O)N2CCc3ccc(N)cc3C2)cc1OC. The molecule has 132 valence electrons. The molecule has 5 nitrogen and oxygen atoms in total. The normalized spacial score (nSPS) is 13.3. The lowest BCUT2D eigenvalue weighted by Crippen LogP contribution is -2.36. The number of fused-ring (bicyclic) bond motifs is 1. The fraction of sp³-hybridized carbons (Fsp3) is 0.350. The molecule has 1 aliphatic rings. The molecule has 2 N–H and O–H groups in total. The van der Waals surface area contributed by atoms with Crippen LogP contribution in [0, 0.1) is 0 Å². The van der Waals surface area contributed by atoms with E-state index in [4.69, 9.17) is 15.2 Å². The highest BCUT2D eigenvalue weighted by molar-refractivity contribution is 5.77. The Hall–Kier alpha value is -2.69. The summed E-state index contributed by atoms with van der Waals surface area (Å²) in [6.07, 6.45) is 2.05. The van der Waals surface area contributed by atoms with Crippen molar-refractivity contribution in [2.45, 2.75) is 25.8 Å². The van der Waals surface area contributed by atoms with Crippen molar-refractivity contribution in [2.75, 3.05) is 26.5 Å². The van der Waals surface area contributed by atoms with Gasteiger partial charge in [0.05, 0.1) is 14.2 Å². The van der Waals surface area contributed by atoms with Crippen LogP contribution in [0.4, 0.5) is 5.69 Å². The van der Waals surface area contributed by atoms with E-state index in [9.17, 15) is 4.79 Å². The Labute approximate surface area is 148 Å². The van der Waals surface area contributed by atoms with Crippen LogP contribution in [0.25, 0.3) is 0 Å². The van der Waals surface area contributed by atoms with Gasteiger partial charge in [-0.25, -0.2) is 0 Å². The lowest BCUT2D eigenvalue weighted by atomic mass is 9.98. The second-order valence-electron chi connectivity index (χ2n) is 6.28. The molecular formula is C20H24N2O3. The summed E-state index contributed by atoms with van der Waals surface area (Å²) in [5, 5.41) is 0. The largest absolute Gasteiger partial charge is 0.493 e. The Kier molecular flexibility index (Phi) is 5.12. The average molecular weight is 340 g/mol. The Morgan fingerprint density at radius 1 is 1.08 bits per heavy atom. The van der Waals surface area contributed by atoms with E-state index in [1.807, 2.05) is 35.2 Å². The van der Waals surface area contributed by atoms with Gasteiger partial charge in [-0.1, -0.05) is 12.1 Å². The number of hydrogen-bond donors (Lipinski definition) is 1. The van der Waals surface area contributed by atoms with Crippen molar-refractivity contribution in [3.8, 4) is 11.5 Å². The van der Waals surface area contributed by atoms with Gasteiger partial charge in [0.1, 0.15) is 0 Å². The van der Waals surface area contributed by atoms with E-state index in [1.54, 1.807) is 14.2 Å². The molecule has 0 saturated heterocycles. The van der Waals surface area contributed by atoms with E-state index >= 15 is 0 Å². The first kappa shape index (κ1) is 17.1. The van der Waals surface area contributed by atoms with Crippen LogP contribution < -0.4 is 15.2 Å². The van der Waals surface area contributed by atoms with Crippen LogP contribution in [0.5, 0.6) is 11.5 Å². The minimum atomic E-state index is 0.169. The molecule has 5 heteroatoms. The zero-order valence-corrected chi connectivity index (χ0v) is 14.7. The number of ether oxygens (including phenoxy) is 2. The van der Waals surface area contributed by atoms with Crippen LogP contribution in [-0.2, 0) is 24.2 Å². The van der Waals surface area contributed by atoms with E-state index < -0.39 is 0 Å². The lowest BCUT2D eigenvalue weighted by Gasteiger charge is -2.29. The number of nitrogen functional groups attached to an aromatic ring is 1.